The Morgan fingerprint density at radius 2 is 2.08 bits per heavy atom. The van der Waals surface area contributed by atoms with E-state index in [-0.39, 0.29) is 23.6 Å². The highest BCUT2D eigenvalue weighted by atomic mass is 19.1. The highest BCUT2D eigenvalue weighted by Gasteiger charge is 2.28. The van der Waals surface area contributed by atoms with Crippen LogP contribution in [0.3, 0.4) is 0 Å². The molecular formula is C18H22FN5O. The van der Waals surface area contributed by atoms with Gasteiger partial charge in [-0.1, -0.05) is 12.1 Å². The van der Waals surface area contributed by atoms with Crippen LogP contribution in [-0.2, 0) is 11.2 Å². The van der Waals surface area contributed by atoms with Crippen molar-refractivity contribution in [2.75, 3.05) is 18.8 Å². The van der Waals surface area contributed by atoms with Crippen molar-refractivity contribution >= 4 is 11.9 Å². The van der Waals surface area contributed by atoms with Crippen molar-refractivity contribution < 1.29 is 9.18 Å². The van der Waals surface area contributed by atoms with Gasteiger partial charge in [-0.2, -0.15) is 0 Å². The molecule has 2 aromatic rings. The lowest BCUT2D eigenvalue weighted by Gasteiger charge is -2.34. The monoisotopic (exact) mass is 343 g/mol. The molecule has 1 aliphatic rings. The summed E-state index contributed by atoms with van der Waals surface area (Å²) in [5.74, 6) is -0.00215. The van der Waals surface area contributed by atoms with E-state index < -0.39 is 6.04 Å². The van der Waals surface area contributed by atoms with Crippen molar-refractivity contribution in [3.63, 3.8) is 0 Å². The standard InChI is InChI=1S/C18H22FN5O/c19-14-5-3-12(4-6-14)10-15(20)17(25)24-9-1-2-13(11-24)16-7-8-22-18(21)23-16/h3-8,13,15H,1-2,9-11,20H2,(H2,21,22,23)/t13-,15-/m0/s1. The third kappa shape index (κ3) is 4.30. The van der Waals surface area contributed by atoms with Crippen molar-refractivity contribution in [2.45, 2.75) is 31.2 Å². The Morgan fingerprint density at radius 3 is 2.80 bits per heavy atom. The molecule has 6 nitrogen and oxygen atoms in total. The number of nitrogen functional groups attached to an aromatic ring is 1. The summed E-state index contributed by atoms with van der Waals surface area (Å²) in [6.07, 6.45) is 3.87. The summed E-state index contributed by atoms with van der Waals surface area (Å²) < 4.78 is 13.0. The Kier molecular flexibility index (Phi) is 5.23. The maximum Gasteiger partial charge on any atom is 0.239 e. The lowest BCUT2D eigenvalue weighted by molar-refractivity contribution is -0.133. The number of nitrogens with two attached hydrogens (primary N) is 2. The number of carbonyl (C=O) groups excluding carboxylic acids is 1. The van der Waals surface area contributed by atoms with E-state index in [1.165, 1.54) is 12.1 Å². The van der Waals surface area contributed by atoms with Gasteiger partial charge in [0.2, 0.25) is 11.9 Å². The third-order valence-electron chi connectivity index (χ3n) is 4.53. The van der Waals surface area contributed by atoms with Crippen molar-refractivity contribution in [2.24, 2.45) is 5.73 Å². The van der Waals surface area contributed by atoms with E-state index >= 15 is 0 Å². The topological polar surface area (TPSA) is 98.1 Å². The first-order valence-corrected chi connectivity index (χ1v) is 8.40. The minimum absolute atomic E-state index is 0.0870. The van der Waals surface area contributed by atoms with Gasteiger partial charge in [-0.3, -0.25) is 4.79 Å². The highest BCUT2D eigenvalue weighted by molar-refractivity contribution is 5.82. The Hall–Kier alpha value is -2.54. The Labute approximate surface area is 146 Å². The van der Waals surface area contributed by atoms with Gasteiger partial charge in [0.15, 0.2) is 0 Å². The van der Waals surface area contributed by atoms with Gasteiger partial charge in [0, 0.05) is 25.2 Å². The van der Waals surface area contributed by atoms with Crippen LogP contribution in [0.5, 0.6) is 0 Å². The molecule has 2 atom stereocenters. The second-order valence-corrected chi connectivity index (χ2v) is 6.40. The van der Waals surface area contributed by atoms with Crippen LogP contribution < -0.4 is 11.5 Å². The smallest absolute Gasteiger partial charge is 0.239 e. The summed E-state index contributed by atoms with van der Waals surface area (Å²) >= 11 is 0. The number of anilines is 1. The number of benzene rings is 1. The molecule has 1 aliphatic heterocycles. The lowest BCUT2D eigenvalue weighted by Crippen LogP contribution is -2.48. The zero-order chi connectivity index (χ0) is 17.8. The molecule has 1 saturated heterocycles. The number of hydrogen-bond acceptors (Lipinski definition) is 5. The molecule has 7 heteroatoms. The largest absolute Gasteiger partial charge is 0.368 e. The molecule has 1 aromatic heterocycles. The van der Waals surface area contributed by atoms with Crippen LogP contribution in [0.25, 0.3) is 0 Å². The molecule has 0 spiro atoms. The zero-order valence-corrected chi connectivity index (χ0v) is 13.9. The van der Waals surface area contributed by atoms with E-state index in [0.29, 0.717) is 19.5 Å². The fourth-order valence-electron chi connectivity index (χ4n) is 3.23. The molecule has 1 amide bonds. The van der Waals surface area contributed by atoms with Crippen LogP contribution in [0.2, 0.25) is 0 Å². The SMILES string of the molecule is Nc1nccc([C@H]2CCCN(C(=O)[C@@H](N)Cc3ccc(F)cc3)C2)n1. The predicted octanol–water partition coefficient (Wildman–Crippen LogP) is 1.47. The van der Waals surface area contributed by atoms with Crippen molar-refractivity contribution in [3.05, 3.63) is 53.6 Å². The Bertz CT molecular complexity index is 737. The summed E-state index contributed by atoms with van der Waals surface area (Å²) in [7, 11) is 0. The average Bonchev–Trinajstić information content (AvgIpc) is 2.63. The van der Waals surface area contributed by atoms with Crippen LogP contribution in [0.1, 0.15) is 30.0 Å². The van der Waals surface area contributed by atoms with Gasteiger partial charge >= 0.3 is 0 Å². The molecule has 0 aliphatic carbocycles. The average molecular weight is 343 g/mol. The summed E-state index contributed by atoms with van der Waals surface area (Å²) in [5, 5.41) is 0. The summed E-state index contributed by atoms with van der Waals surface area (Å²) in [6.45, 7) is 1.26. The number of aromatic nitrogens is 2. The van der Waals surface area contributed by atoms with Crippen LogP contribution in [0.4, 0.5) is 10.3 Å². The molecule has 2 heterocycles. The zero-order valence-electron chi connectivity index (χ0n) is 13.9. The Morgan fingerprint density at radius 1 is 1.32 bits per heavy atom. The predicted molar refractivity (Wildman–Crippen MR) is 93.1 cm³/mol. The number of halogens is 1. The van der Waals surface area contributed by atoms with Crippen LogP contribution in [0.15, 0.2) is 36.5 Å². The number of carbonyl (C=O) groups is 1. The van der Waals surface area contributed by atoms with Gasteiger partial charge in [0.1, 0.15) is 5.82 Å². The number of hydrogen-bond donors (Lipinski definition) is 2. The molecule has 0 radical (unpaired) electrons. The van der Waals surface area contributed by atoms with Crippen LogP contribution >= 0.6 is 0 Å². The second kappa shape index (κ2) is 7.57. The van der Waals surface area contributed by atoms with Gasteiger partial charge in [0.05, 0.1) is 11.7 Å². The first-order valence-electron chi connectivity index (χ1n) is 8.40. The van der Waals surface area contributed by atoms with Gasteiger partial charge in [-0.05, 0) is 43.0 Å². The molecule has 0 saturated carbocycles. The number of amides is 1. The molecule has 25 heavy (non-hydrogen) atoms. The highest BCUT2D eigenvalue weighted by Crippen LogP contribution is 2.26. The van der Waals surface area contributed by atoms with Gasteiger partial charge in [0.25, 0.3) is 0 Å². The fourth-order valence-corrected chi connectivity index (χ4v) is 3.23. The van der Waals surface area contributed by atoms with Gasteiger partial charge in [-0.25, -0.2) is 14.4 Å². The third-order valence-corrected chi connectivity index (χ3v) is 4.53. The Balaban J connectivity index is 1.64. The van der Waals surface area contributed by atoms with Crippen molar-refractivity contribution in [1.29, 1.82) is 0 Å². The molecule has 1 aromatic carbocycles. The quantitative estimate of drug-likeness (QED) is 0.876. The maximum atomic E-state index is 13.0. The minimum atomic E-state index is -0.639. The van der Waals surface area contributed by atoms with Crippen LogP contribution in [0, 0.1) is 5.82 Å². The molecule has 0 bridgehead atoms. The van der Waals surface area contributed by atoms with E-state index in [1.807, 2.05) is 6.07 Å². The first-order chi connectivity index (χ1) is 12.0. The molecule has 132 valence electrons. The van der Waals surface area contributed by atoms with Gasteiger partial charge in [-0.15, -0.1) is 0 Å². The van der Waals surface area contributed by atoms with Crippen molar-refractivity contribution in [3.8, 4) is 0 Å². The van der Waals surface area contributed by atoms with E-state index in [4.69, 9.17) is 11.5 Å². The fraction of sp³-hybridized carbons (Fsp3) is 0.389. The molecule has 0 unspecified atom stereocenters. The number of likely N-dealkylation sites (tertiary alicyclic amines) is 1. The van der Waals surface area contributed by atoms with E-state index in [9.17, 15) is 9.18 Å². The van der Waals surface area contributed by atoms with E-state index in [0.717, 1.165) is 24.1 Å². The molecule has 1 fully saturated rings. The van der Waals surface area contributed by atoms with Crippen LogP contribution in [-0.4, -0.2) is 39.9 Å². The normalized spacial score (nSPS) is 18.8. The van der Waals surface area contributed by atoms with Gasteiger partial charge < -0.3 is 16.4 Å². The second-order valence-electron chi connectivity index (χ2n) is 6.40. The minimum Gasteiger partial charge on any atom is -0.368 e. The maximum absolute atomic E-state index is 13.0. The van der Waals surface area contributed by atoms with E-state index in [2.05, 4.69) is 9.97 Å². The van der Waals surface area contributed by atoms with Crippen molar-refractivity contribution in [1.82, 2.24) is 14.9 Å². The van der Waals surface area contributed by atoms with E-state index in [1.54, 1.807) is 23.2 Å². The first kappa shape index (κ1) is 17.3. The summed E-state index contributed by atoms with van der Waals surface area (Å²) in [6, 6.07) is 7.27. The number of nitrogens with zero attached hydrogens (tertiary/aromatic N) is 3. The summed E-state index contributed by atoms with van der Waals surface area (Å²) in [5.41, 5.74) is 13.5. The lowest BCUT2D eigenvalue weighted by atomic mass is 9.93. The molecule has 3 rings (SSSR count). The summed E-state index contributed by atoms with van der Waals surface area (Å²) in [4.78, 5) is 22.7. The molecular weight excluding hydrogens is 321 g/mol. The number of piperidine rings is 1. The molecule has 4 N–H and O–H groups in total. The number of rotatable bonds is 4.